The topological polar surface area (TPSA) is 78.4 Å². The number of phenols is 1. The lowest BCUT2D eigenvalue weighted by Gasteiger charge is -2.11. The van der Waals surface area contributed by atoms with Gasteiger partial charge in [0.2, 0.25) is 0 Å². The van der Waals surface area contributed by atoms with Gasteiger partial charge in [-0.15, -0.1) is 0 Å². The summed E-state index contributed by atoms with van der Waals surface area (Å²) in [5, 5.41) is 14.1. The van der Waals surface area contributed by atoms with Crippen LogP contribution in [0.3, 0.4) is 0 Å². The van der Waals surface area contributed by atoms with Crippen LogP contribution in [-0.2, 0) is 9.59 Å². The molecule has 0 heterocycles. The molecule has 0 aromatic heterocycles. The van der Waals surface area contributed by atoms with Crippen LogP contribution in [0.15, 0.2) is 78.4 Å². The predicted molar refractivity (Wildman–Crippen MR) is 106 cm³/mol. The van der Waals surface area contributed by atoms with Gasteiger partial charge >= 0.3 is 0 Å². The molecular formula is C22H16F2N2O3. The Balaban J connectivity index is 1.93. The molecule has 0 radical (unpaired) electrons. The zero-order valence-electron chi connectivity index (χ0n) is 15.0. The van der Waals surface area contributed by atoms with Gasteiger partial charge in [-0.25, -0.2) is 8.78 Å². The van der Waals surface area contributed by atoms with Crippen LogP contribution >= 0.6 is 0 Å². The Morgan fingerprint density at radius 3 is 1.62 bits per heavy atom. The number of benzene rings is 3. The van der Waals surface area contributed by atoms with Crippen molar-refractivity contribution >= 4 is 29.3 Å². The highest BCUT2D eigenvalue weighted by molar-refractivity contribution is 6.28. The number of hydrogen-bond donors (Lipinski definition) is 3. The minimum absolute atomic E-state index is 0.00955. The minimum atomic E-state index is -0.878. The fourth-order valence-corrected chi connectivity index (χ4v) is 2.48. The van der Waals surface area contributed by atoms with Gasteiger partial charge in [0.25, 0.3) is 11.8 Å². The summed E-state index contributed by atoms with van der Waals surface area (Å²) in [6.07, 6.45) is 1.26. The van der Waals surface area contributed by atoms with Crippen molar-refractivity contribution in [3.8, 4) is 5.75 Å². The highest BCUT2D eigenvalue weighted by atomic mass is 19.1. The van der Waals surface area contributed by atoms with Crippen molar-refractivity contribution in [1.82, 2.24) is 0 Å². The Morgan fingerprint density at radius 2 is 1.17 bits per heavy atom. The summed E-state index contributed by atoms with van der Waals surface area (Å²) in [5.41, 5.74) is -0.145. The summed E-state index contributed by atoms with van der Waals surface area (Å²) in [4.78, 5) is 25.4. The Morgan fingerprint density at radius 1 is 0.724 bits per heavy atom. The van der Waals surface area contributed by atoms with Crippen LogP contribution in [0.5, 0.6) is 5.75 Å². The average Bonchev–Trinajstić information content (AvgIpc) is 2.71. The van der Waals surface area contributed by atoms with Gasteiger partial charge in [0.1, 0.15) is 23.0 Å². The van der Waals surface area contributed by atoms with E-state index in [2.05, 4.69) is 10.6 Å². The second-order valence-corrected chi connectivity index (χ2v) is 6.02. The van der Waals surface area contributed by atoms with E-state index in [1.807, 2.05) is 0 Å². The Labute approximate surface area is 165 Å². The number of carbonyl (C=O) groups excluding carboxylic acids is 2. The second-order valence-electron chi connectivity index (χ2n) is 6.02. The third-order valence-corrected chi connectivity index (χ3v) is 3.94. The molecule has 0 fully saturated rings. The molecule has 3 rings (SSSR count). The first-order valence-electron chi connectivity index (χ1n) is 8.56. The smallest absolute Gasteiger partial charge is 0.261 e. The van der Waals surface area contributed by atoms with Crippen LogP contribution in [0.25, 0.3) is 6.08 Å². The molecule has 0 aliphatic heterocycles. The van der Waals surface area contributed by atoms with Crippen molar-refractivity contribution in [3.05, 3.63) is 95.6 Å². The number of para-hydroxylation sites is 2. The maximum Gasteiger partial charge on any atom is 0.261 e. The molecule has 29 heavy (non-hydrogen) atoms. The fourth-order valence-electron chi connectivity index (χ4n) is 2.48. The number of nitrogens with one attached hydrogen (secondary N) is 2. The second kappa shape index (κ2) is 8.79. The molecule has 3 N–H and O–H groups in total. The summed E-state index contributed by atoms with van der Waals surface area (Å²) in [6, 6.07) is 16.7. The van der Waals surface area contributed by atoms with Gasteiger partial charge in [0, 0.05) is 0 Å². The number of halogens is 2. The standard InChI is InChI=1S/C22H16F2N2O3/c23-17-5-1-3-7-19(17)25-21(28)16(13-14-9-11-15(27)12-10-14)22(29)26-20-8-4-2-6-18(20)24/h1-13,27H,(H,25,28)(H,26,29). The van der Waals surface area contributed by atoms with Crippen LogP contribution in [0.4, 0.5) is 20.2 Å². The molecule has 3 aromatic rings. The van der Waals surface area contributed by atoms with Crippen LogP contribution in [0.1, 0.15) is 5.56 Å². The van der Waals surface area contributed by atoms with Crippen LogP contribution in [0.2, 0.25) is 0 Å². The van der Waals surface area contributed by atoms with E-state index < -0.39 is 23.4 Å². The van der Waals surface area contributed by atoms with Crippen molar-refractivity contribution in [2.24, 2.45) is 0 Å². The van der Waals surface area contributed by atoms with Gasteiger partial charge in [0.05, 0.1) is 11.4 Å². The number of rotatable bonds is 5. The van der Waals surface area contributed by atoms with E-state index in [0.717, 1.165) is 0 Å². The summed E-state index contributed by atoms with van der Waals surface area (Å²) in [5.74, 6) is -3.08. The number of aromatic hydroxyl groups is 1. The highest BCUT2D eigenvalue weighted by Crippen LogP contribution is 2.19. The fraction of sp³-hybridized carbons (Fsp3) is 0. The van der Waals surface area contributed by atoms with E-state index in [-0.39, 0.29) is 22.7 Å². The van der Waals surface area contributed by atoms with Crippen molar-refractivity contribution in [2.45, 2.75) is 0 Å². The molecule has 0 aliphatic carbocycles. The molecule has 3 aromatic carbocycles. The van der Waals surface area contributed by atoms with Crippen molar-refractivity contribution in [2.75, 3.05) is 10.6 Å². The van der Waals surface area contributed by atoms with E-state index >= 15 is 0 Å². The molecule has 2 amide bonds. The normalized spacial score (nSPS) is 10.1. The maximum absolute atomic E-state index is 13.9. The summed E-state index contributed by atoms with van der Waals surface area (Å²) < 4.78 is 27.7. The Kier molecular flexibility index (Phi) is 5.99. The number of amides is 2. The first-order chi connectivity index (χ1) is 13.9. The third-order valence-electron chi connectivity index (χ3n) is 3.94. The lowest BCUT2D eigenvalue weighted by molar-refractivity contribution is -0.118. The number of carbonyl (C=O) groups is 2. The summed E-state index contributed by atoms with van der Waals surface area (Å²) in [7, 11) is 0. The molecule has 5 nitrogen and oxygen atoms in total. The molecule has 0 unspecified atom stereocenters. The van der Waals surface area contributed by atoms with E-state index in [1.54, 1.807) is 0 Å². The van der Waals surface area contributed by atoms with Gasteiger partial charge in [-0.2, -0.15) is 0 Å². The van der Waals surface area contributed by atoms with Gasteiger partial charge in [0.15, 0.2) is 0 Å². The first kappa shape index (κ1) is 19.8. The van der Waals surface area contributed by atoms with Gasteiger partial charge in [-0.1, -0.05) is 36.4 Å². The monoisotopic (exact) mass is 394 g/mol. The number of phenolic OH excluding ortho intramolecular Hbond substituents is 1. The zero-order chi connectivity index (χ0) is 20.8. The molecule has 7 heteroatoms. The first-order valence-corrected chi connectivity index (χ1v) is 8.56. The minimum Gasteiger partial charge on any atom is -0.508 e. The summed E-state index contributed by atoms with van der Waals surface area (Å²) in [6.45, 7) is 0. The van der Waals surface area contributed by atoms with E-state index in [0.29, 0.717) is 5.56 Å². The van der Waals surface area contributed by atoms with Gasteiger partial charge in [-0.3, -0.25) is 9.59 Å². The molecule has 0 atom stereocenters. The zero-order valence-corrected chi connectivity index (χ0v) is 15.0. The Hall–Kier alpha value is -4.00. The highest BCUT2D eigenvalue weighted by Gasteiger charge is 2.21. The predicted octanol–water partition coefficient (Wildman–Crippen LogP) is 4.33. The largest absolute Gasteiger partial charge is 0.508 e. The lowest BCUT2D eigenvalue weighted by atomic mass is 10.1. The van der Waals surface area contributed by atoms with Crippen LogP contribution in [0, 0.1) is 11.6 Å². The molecule has 0 bridgehead atoms. The van der Waals surface area contributed by atoms with Gasteiger partial charge < -0.3 is 15.7 Å². The summed E-state index contributed by atoms with van der Waals surface area (Å²) >= 11 is 0. The van der Waals surface area contributed by atoms with Crippen LogP contribution in [-0.4, -0.2) is 16.9 Å². The van der Waals surface area contributed by atoms with Crippen molar-refractivity contribution < 1.29 is 23.5 Å². The van der Waals surface area contributed by atoms with Crippen molar-refractivity contribution in [3.63, 3.8) is 0 Å². The third kappa shape index (κ3) is 5.04. The molecule has 0 aliphatic rings. The van der Waals surface area contributed by atoms with Crippen LogP contribution < -0.4 is 10.6 Å². The quantitative estimate of drug-likeness (QED) is 0.342. The van der Waals surface area contributed by atoms with E-state index in [9.17, 15) is 23.5 Å². The molecule has 0 saturated heterocycles. The van der Waals surface area contributed by atoms with Crippen molar-refractivity contribution in [1.29, 1.82) is 0 Å². The SMILES string of the molecule is O=C(Nc1ccccc1F)C(=Cc1ccc(O)cc1)C(=O)Nc1ccccc1F. The number of anilines is 2. The Bertz CT molecular complexity index is 1020. The maximum atomic E-state index is 13.9. The molecule has 146 valence electrons. The molecular weight excluding hydrogens is 378 g/mol. The lowest BCUT2D eigenvalue weighted by Crippen LogP contribution is -2.26. The molecule has 0 spiro atoms. The number of hydrogen-bond acceptors (Lipinski definition) is 3. The van der Waals surface area contributed by atoms with Gasteiger partial charge in [-0.05, 0) is 48.0 Å². The molecule has 0 saturated carbocycles. The van der Waals surface area contributed by atoms with E-state index in [4.69, 9.17) is 0 Å². The van der Waals surface area contributed by atoms with E-state index in [1.165, 1.54) is 78.9 Å². The average molecular weight is 394 g/mol.